The van der Waals surface area contributed by atoms with E-state index in [0.29, 0.717) is 17.9 Å². The maximum Gasteiger partial charge on any atom is 0.271 e. The van der Waals surface area contributed by atoms with Gasteiger partial charge in [-0.2, -0.15) is 10.2 Å². The molecular weight excluding hydrogens is 396 g/mol. The highest BCUT2D eigenvalue weighted by Gasteiger charge is 2.17. The maximum absolute atomic E-state index is 12.4. The van der Waals surface area contributed by atoms with Crippen molar-refractivity contribution in [1.29, 1.82) is 0 Å². The first-order valence-electron chi connectivity index (χ1n) is 9.00. The van der Waals surface area contributed by atoms with Crippen LogP contribution in [-0.2, 0) is 6.54 Å². The number of carbonyl (C=O) groups excluding carboxylic acids is 1. The lowest BCUT2D eigenvalue weighted by atomic mass is 10.2. The van der Waals surface area contributed by atoms with Crippen LogP contribution in [0.5, 0.6) is 0 Å². The van der Waals surface area contributed by atoms with Gasteiger partial charge in [-0.3, -0.25) is 9.48 Å². The van der Waals surface area contributed by atoms with E-state index in [1.807, 2.05) is 23.9 Å². The molecule has 0 unspecified atom stereocenters. The van der Waals surface area contributed by atoms with E-state index >= 15 is 0 Å². The Bertz CT molecular complexity index is 900. The fraction of sp³-hybridized carbons (Fsp3) is 0.444. The molecule has 0 saturated heterocycles. The second-order valence-electron chi connectivity index (χ2n) is 6.13. The predicted octanol–water partition coefficient (Wildman–Crippen LogP) is 3.69. The van der Waals surface area contributed by atoms with Gasteiger partial charge in [0, 0.05) is 31.5 Å². The standard InChI is InChI=1S/C18H23BrN6O/c1-3-5-6-7-9-21-18(26)14-11-16-20-10-8-15(25(16)22-14)17-13(19)12-24(4-2)23-17/h8,10-12H,3-7,9H2,1-2H3,(H,21,26). The van der Waals surface area contributed by atoms with E-state index in [9.17, 15) is 4.79 Å². The molecule has 0 radical (unpaired) electrons. The number of carbonyl (C=O) groups is 1. The smallest absolute Gasteiger partial charge is 0.271 e. The van der Waals surface area contributed by atoms with Gasteiger partial charge in [-0.1, -0.05) is 26.2 Å². The lowest BCUT2D eigenvalue weighted by molar-refractivity contribution is 0.0947. The molecule has 26 heavy (non-hydrogen) atoms. The molecule has 3 rings (SSSR count). The number of nitrogens with one attached hydrogen (secondary N) is 1. The van der Waals surface area contributed by atoms with Crippen LogP contribution in [0, 0.1) is 0 Å². The number of hydrogen-bond donors (Lipinski definition) is 1. The van der Waals surface area contributed by atoms with E-state index in [0.717, 1.165) is 35.2 Å². The summed E-state index contributed by atoms with van der Waals surface area (Å²) in [4.78, 5) is 16.7. The van der Waals surface area contributed by atoms with Crippen LogP contribution in [0.4, 0.5) is 0 Å². The van der Waals surface area contributed by atoms with Crippen molar-refractivity contribution >= 4 is 27.5 Å². The summed E-state index contributed by atoms with van der Waals surface area (Å²) in [5.41, 5.74) is 2.55. The molecule has 0 aromatic carbocycles. The molecule has 1 amide bonds. The minimum atomic E-state index is -0.170. The molecule has 3 aromatic rings. The van der Waals surface area contributed by atoms with E-state index in [4.69, 9.17) is 0 Å². The highest BCUT2D eigenvalue weighted by atomic mass is 79.9. The minimum absolute atomic E-state index is 0.170. The third-order valence-corrected chi connectivity index (χ3v) is 4.77. The third-order valence-electron chi connectivity index (χ3n) is 4.19. The van der Waals surface area contributed by atoms with Crippen LogP contribution in [0.3, 0.4) is 0 Å². The first kappa shape index (κ1) is 18.6. The molecule has 0 bridgehead atoms. The number of halogens is 1. The third kappa shape index (κ3) is 3.95. The summed E-state index contributed by atoms with van der Waals surface area (Å²) in [7, 11) is 0. The average molecular weight is 419 g/mol. The fourth-order valence-corrected chi connectivity index (χ4v) is 3.28. The molecule has 0 aliphatic rings. The summed E-state index contributed by atoms with van der Waals surface area (Å²) in [5, 5.41) is 11.9. The zero-order chi connectivity index (χ0) is 18.5. The molecule has 1 N–H and O–H groups in total. The molecule has 8 heteroatoms. The summed E-state index contributed by atoms with van der Waals surface area (Å²) < 4.78 is 4.39. The van der Waals surface area contributed by atoms with Crippen molar-refractivity contribution in [2.75, 3.05) is 6.54 Å². The Hall–Kier alpha value is -2.22. The van der Waals surface area contributed by atoms with Crippen molar-refractivity contribution in [1.82, 2.24) is 29.7 Å². The fourth-order valence-electron chi connectivity index (χ4n) is 2.76. The SMILES string of the molecule is CCCCCCNC(=O)c1cc2nccc(-c3nn(CC)cc3Br)n2n1. The van der Waals surface area contributed by atoms with Crippen molar-refractivity contribution in [2.45, 2.75) is 46.1 Å². The number of aryl methyl sites for hydroxylation is 1. The van der Waals surface area contributed by atoms with E-state index in [1.165, 1.54) is 12.8 Å². The lowest BCUT2D eigenvalue weighted by Gasteiger charge is -2.03. The van der Waals surface area contributed by atoms with Crippen molar-refractivity contribution in [3.8, 4) is 11.4 Å². The molecule has 0 aliphatic heterocycles. The van der Waals surface area contributed by atoms with Crippen molar-refractivity contribution in [3.63, 3.8) is 0 Å². The normalized spacial score (nSPS) is 11.2. The Morgan fingerprint density at radius 2 is 2.08 bits per heavy atom. The van der Waals surface area contributed by atoms with Gasteiger partial charge < -0.3 is 5.32 Å². The van der Waals surface area contributed by atoms with Gasteiger partial charge in [0.2, 0.25) is 0 Å². The largest absolute Gasteiger partial charge is 0.351 e. The Labute approximate surface area is 160 Å². The minimum Gasteiger partial charge on any atom is -0.351 e. The first-order chi connectivity index (χ1) is 12.6. The Balaban J connectivity index is 1.82. The molecule has 3 aromatic heterocycles. The highest BCUT2D eigenvalue weighted by molar-refractivity contribution is 9.10. The van der Waals surface area contributed by atoms with Crippen LogP contribution in [0.2, 0.25) is 0 Å². The van der Waals surface area contributed by atoms with Gasteiger partial charge >= 0.3 is 0 Å². The molecule has 0 aliphatic carbocycles. The van der Waals surface area contributed by atoms with Gasteiger partial charge in [0.25, 0.3) is 5.91 Å². The number of aromatic nitrogens is 5. The number of rotatable bonds is 8. The van der Waals surface area contributed by atoms with Gasteiger partial charge in [0.15, 0.2) is 11.3 Å². The van der Waals surface area contributed by atoms with Crippen LogP contribution in [0.1, 0.15) is 50.0 Å². The summed E-state index contributed by atoms with van der Waals surface area (Å²) in [6.45, 7) is 5.64. The topological polar surface area (TPSA) is 77.1 Å². The zero-order valence-corrected chi connectivity index (χ0v) is 16.7. The van der Waals surface area contributed by atoms with Crippen LogP contribution in [-0.4, -0.2) is 36.8 Å². The van der Waals surface area contributed by atoms with Gasteiger partial charge in [0.05, 0.1) is 10.2 Å². The molecule has 0 spiro atoms. The Kier molecular flexibility index (Phi) is 6.03. The summed E-state index contributed by atoms with van der Waals surface area (Å²) >= 11 is 3.55. The monoisotopic (exact) mass is 418 g/mol. The maximum atomic E-state index is 12.4. The molecule has 0 fully saturated rings. The Morgan fingerprint density at radius 1 is 1.23 bits per heavy atom. The van der Waals surface area contributed by atoms with E-state index < -0.39 is 0 Å². The predicted molar refractivity (Wildman–Crippen MR) is 104 cm³/mol. The van der Waals surface area contributed by atoms with E-state index in [2.05, 4.69) is 43.4 Å². The van der Waals surface area contributed by atoms with E-state index in [-0.39, 0.29) is 5.91 Å². The van der Waals surface area contributed by atoms with Crippen LogP contribution < -0.4 is 5.32 Å². The molecule has 3 heterocycles. The average Bonchev–Trinajstić information content (AvgIpc) is 3.24. The second-order valence-corrected chi connectivity index (χ2v) is 6.98. The number of hydrogen-bond acceptors (Lipinski definition) is 4. The quantitative estimate of drug-likeness (QED) is 0.565. The molecule has 7 nitrogen and oxygen atoms in total. The first-order valence-corrected chi connectivity index (χ1v) is 9.79. The van der Waals surface area contributed by atoms with Crippen LogP contribution in [0.25, 0.3) is 17.0 Å². The number of unbranched alkanes of at least 4 members (excludes halogenated alkanes) is 3. The summed E-state index contributed by atoms with van der Waals surface area (Å²) in [6.07, 6.45) is 8.11. The van der Waals surface area contributed by atoms with Gasteiger partial charge in [-0.15, -0.1) is 0 Å². The summed E-state index contributed by atoms with van der Waals surface area (Å²) in [6, 6.07) is 3.55. The zero-order valence-electron chi connectivity index (χ0n) is 15.1. The van der Waals surface area contributed by atoms with Crippen LogP contribution >= 0.6 is 15.9 Å². The lowest BCUT2D eigenvalue weighted by Crippen LogP contribution is -2.24. The summed E-state index contributed by atoms with van der Waals surface area (Å²) in [5.74, 6) is -0.170. The van der Waals surface area contributed by atoms with Crippen molar-refractivity contribution < 1.29 is 4.79 Å². The van der Waals surface area contributed by atoms with Gasteiger partial charge in [-0.05, 0) is 35.3 Å². The van der Waals surface area contributed by atoms with Gasteiger partial charge in [0.1, 0.15) is 5.69 Å². The number of nitrogens with zero attached hydrogens (tertiary/aromatic N) is 5. The van der Waals surface area contributed by atoms with Crippen LogP contribution in [0.15, 0.2) is 29.0 Å². The number of fused-ring (bicyclic) bond motifs is 1. The Morgan fingerprint density at radius 3 is 2.81 bits per heavy atom. The van der Waals surface area contributed by atoms with Crippen molar-refractivity contribution in [2.24, 2.45) is 0 Å². The highest BCUT2D eigenvalue weighted by Crippen LogP contribution is 2.26. The van der Waals surface area contributed by atoms with Gasteiger partial charge in [-0.25, -0.2) is 9.50 Å². The molecule has 0 saturated carbocycles. The van der Waals surface area contributed by atoms with Crippen molar-refractivity contribution in [3.05, 3.63) is 34.7 Å². The molecule has 0 atom stereocenters. The molecule has 138 valence electrons. The van der Waals surface area contributed by atoms with E-state index in [1.54, 1.807) is 16.8 Å². The number of amides is 1. The molecular formula is C18H23BrN6O. The second kappa shape index (κ2) is 8.44.